The van der Waals surface area contributed by atoms with E-state index in [9.17, 15) is 19.7 Å². The number of ether oxygens (including phenoxy) is 2. The van der Waals surface area contributed by atoms with Crippen LogP contribution in [0.1, 0.15) is 38.2 Å². The molecule has 1 aliphatic heterocycles. The summed E-state index contributed by atoms with van der Waals surface area (Å²) in [5.41, 5.74) is -0.489. The van der Waals surface area contributed by atoms with Crippen molar-refractivity contribution in [3.05, 3.63) is 46.0 Å². The minimum Gasteiger partial charge on any atom is -0.466 e. The average molecular weight is 364 g/mol. The van der Waals surface area contributed by atoms with Crippen LogP contribution in [0.4, 0.5) is 4.79 Å². The summed E-state index contributed by atoms with van der Waals surface area (Å²) in [6.07, 6.45) is 0.241. The maximum atomic E-state index is 12.3. The Hall–Kier alpha value is -2.64. The molecule has 0 aromatic heterocycles. The molecule has 1 saturated heterocycles. The number of esters is 1. The third kappa shape index (κ3) is 5.18. The molecule has 1 aromatic rings. The summed E-state index contributed by atoms with van der Waals surface area (Å²) >= 11 is 0. The largest absolute Gasteiger partial charge is 0.466 e. The highest BCUT2D eigenvalue weighted by Gasteiger charge is 2.48. The average Bonchev–Trinajstić information content (AvgIpc) is 2.65. The van der Waals surface area contributed by atoms with Gasteiger partial charge in [0.05, 0.1) is 19.6 Å². The highest BCUT2D eigenvalue weighted by atomic mass is 16.6. The van der Waals surface area contributed by atoms with Crippen LogP contribution < -0.4 is 0 Å². The van der Waals surface area contributed by atoms with Crippen molar-refractivity contribution < 1.29 is 24.0 Å². The lowest BCUT2D eigenvalue weighted by atomic mass is 9.85. The maximum Gasteiger partial charge on any atom is 0.410 e. The van der Waals surface area contributed by atoms with E-state index in [1.54, 1.807) is 6.92 Å². The third-order valence-corrected chi connectivity index (χ3v) is 4.51. The molecule has 1 heterocycles. The molecule has 0 spiro atoms. The maximum absolute atomic E-state index is 12.3. The summed E-state index contributed by atoms with van der Waals surface area (Å²) in [5, 5.41) is 11.7. The molecule has 1 atom stereocenters. The molecule has 0 bridgehead atoms. The topological polar surface area (TPSA) is 99.0 Å². The van der Waals surface area contributed by atoms with Gasteiger partial charge in [0.15, 0.2) is 0 Å². The second kappa shape index (κ2) is 9.17. The van der Waals surface area contributed by atoms with Crippen molar-refractivity contribution in [2.24, 2.45) is 0 Å². The lowest BCUT2D eigenvalue weighted by Crippen LogP contribution is -2.54. The van der Waals surface area contributed by atoms with Gasteiger partial charge in [-0.3, -0.25) is 14.9 Å². The fraction of sp³-hybridized carbons (Fsp3) is 0.556. The first-order valence-corrected chi connectivity index (χ1v) is 8.72. The molecule has 1 aromatic carbocycles. The number of piperidine rings is 1. The molecule has 0 radical (unpaired) electrons. The Morgan fingerprint density at radius 2 is 2.00 bits per heavy atom. The van der Waals surface area contributed by atoms with Gasteiger partial charge in [-0.1, -0.05) is 30.3 Å². The lowest BCUT2D eigenvalue weighted by molar-refractivity contribution is -0.575. The molecule has 1 fully saturated rings. The zero-order chi connectivity index (χ0) is 19.0. The first-order chi connectivity index (χ1) is 12.5. The molecule has 1 amide bonds. The van der Waals surface area contributed by atoms with Crippen molar-refractivity contribution in [1.29, 1.82) is 0 Å². The molecular formula is C18H24N2O6. The van der Waals surface area contributed by atoms with Gasteiger partial charge in [0, 0.05) is 24.3 Å². The minimum atomic E-state index is -1.34. The normalized spacial score (nSPS) is 19.7. The number of benzene rings is 1. The van der Waals surface area contributed by atoms with Crippen molar-refractivity contribution in [2.75, 3.05) is 19.7 Å². The number of nitro groups is 1. The van der Waals surface area contributed by atoms with Gasteiger partial charge < -0.3 is 14.4 Å². The Morgan fingerprint density at radius 1 is 1.27 bits per heavy atom. The van der Waals surface area contributed by atoms with Gasteiger partial charge >= 0.3 is 12.1 Å². The minimum absolute atomic E-state index is 0.0400. The summed E-state index contributed by atoms with van der Waals surface area (Å²) in [7, 11) is 0. The van der Waals surface area contributed by atoms with Gasteiger partial charge in [0.25, 0.3) is 0 Å². The molecule has 2 rings (SSSR count). The SMILES string of the molecule is CCOC(=O)CCC1([N+](=O)[O-])CCCN(C(=O)OCc2ccccc2)C1. The van der Waals surface area contributed by atoms with E-state index >= 15 is 0 Å². The molecule has 0 N–H and O–H groups in total. The van der Waals surface area contributed by atoms with Crippen LogP contribution in [0.25, 0.3) is 0 Å². The van der Waals surface area contributed by atoms with Crippen LogP contribution in [0, 0.1) is 10.1 Å². The van der Waals surface area contributed by atoms with Crippen molar-refractivity contribution in [2.45, 2.75) is 44.8 Å². The zero-order valence-electron chi connectivity index (χ0n) is 14.9. The predicted octanol–water partition coefficient (Wildman–Crippen LogP) is 2.78. The molecule has 8 nitrogen and oxygen atoms in total. The summed E-state index contributed by atoms with van der Waals surface area (Å²) in [6, 6.07) is 9.23. The Morgan fingerprint density at radius 3 is 2.65 bits per heavy atom. The second-order valence-electron chi connectivity index (χ2n) is 6.35. The fourth-order valence-electron chi connectivity index (χ4n) is 3.09. The number of rotatable bonds is 7. The molecule has 0 saturated carbocycles. The Balaban J connectivity index is 1.96. The van der Waals surface area contributed by atoms with E-state index in [0.29, 0.717) is 19.4 Å². The van der Waals surface area contributed by atoms with E-state index in [4.69, 9.17) is 9.47 Å². The number of amides is 1. The number of hydrogen-bond acceptors (Lipinski definition) is 6. The number of likely N-dealkylation sites (tertiary alicyclic amines) is 1. The monoisotopic (exact) mass is 364 g/mol. The van der Waals surface area contributed by atoms with Gasteiger partial charge in [-0.15, -0.1) is 0 Å². The van der Waals surface area contributed by atoms with Crippen LogP contribution in [0.5, 0.6) is 0 Å². The quantitative estimate of drug-likeness (QED) is 0.419. The summed E-state index contributed by atoms with van der Waals surface area (Å²) < 4.78 is 10.1. The van der Waals surface area contributed by atoms with Crippen LogP contribution in [0.3, 0.4) is 0 Å². The van der Waals surface area contributed by atoms with Crippen LogP contribution >= 0.6 is 0 Å². The van der Waals surface area contributed by atoms with Gasteiger partial charge in [-0.25, -0.2) is 4.79 Å². The summed E-state index contributed by atoms with van der Waals surface area (Å²) in [6.45, 7) is 2.38. The standard InChI is InChI=1S/C18H24N2O6/c1-2-25-16(21)9-11-18(20(23)24)10-6-12-19(14-18)17(22)26-13-15-7-4-3-5-8-15/h3-5,7-8H,2,6,9-14H2,1H3. The van der Waals surface area contributed by atoms with Crippen molar-refractivity contribution in [3.8, 4) is 0 Å². The van der Waals surface area contributed by atoms with Gasteiger partial charge in [-0.05, 0) is 18.9 Å². The van der Waals surface area contributed by atoms with Gasteiger partial charge in [0.1, 0.15) is 6.61 Å². The highest BCUT2D eigenvalue weighted by Crippen LogP contribution is 2.30. The number of nitrogens with zero attached hydrogens (tertiary/aromatic N) is 2. The van der Waals surface area contributed by atoms with Crippen molar-refractivity contribution in [1.82, 2.24) is 4.90 Å². The van der Waals surface area contributed by atoms with Gasteiger partial charge in [0.2, 0.25) is 5.54 Å². The smallest absolute Gasteiger partial charge is 0.410 e. The molecule has 0 aliphatic carbocycles. The van der Waals surface area contributed by atoms with E-state index in [-0.39, 0.29) is 37.5 Å². The van der Waals surface area contributed by atoms with Crippen LogP contribution in [-0.4, -0.2) is 47.1 Å². The van der Waals surface area contributed by atoms with Gasteiger partial charge in [-0.2, -0.15) is 0 Å². The number of carbonyl (C=O) groups excluding carboxylic acids is 2. The van der Waals surface area contributed by atoms with Crippen LogP contribution in [-0.2, 0) is 20.9 Å². The Bertz CT molecular complexity index is 636. The zero-order valence-corrected chi connectivity index (χ0v) is 14.9. The van der Waals surface area contributed by atoms with E-state index in [2.05, 4.69) is 0 Å². The second-order valence-corrected chi connectivity index (χ2v) is 6.35. The van der Waals surface area contributed by atoms with E-state index < -0.39 is 17.6 Å². The number of hydrogen-bond donors (Lipinski definition) is 0. The first kappa shape index (κ1) is 19.7. The van der Waals surface area contributed by atoms with Crippen LogP contribution in [0.15, 0.2) is 30.3 Å². The summed E-state index contributed by atoms with van der Waals surface area (Å²) in [4.78, 5) is 36.5. The summed E-state index contributed by atoms with van der Waals surface area (Å²) in [5.74, 6) is -0.461. The Kier molecular flexibility index (Phi) is 6.94. The number of carbonyl (C=O) groups is 2. The van der Waals surface area contributed by atoms with E-state index in [1.165, 1.54) is 4.90 Å². The van der Waals surface area contributed by atoms with Crippen LogP contribution in [0.2, 0.25) is 0 Å². The molecule has 1 aliphatic rings. The molecule has 26 heavy (non-hydrogen) atoms. The molecular weight excluding hydrogens is 340 g/mol. The van der Waals surface area contributed by atoms with E-state index in [0.717, 1.165) is 5.56 Å². The Labute approximate surface area is 152 Å². The van der Waals surface area contributed by atoms with Crippen molar-refractivity contribution in [3.63, 3.8) is 0 Å². The van der Waals surface area contributed by atoms with Crippen molar-refractivity contribution >= 4 is 12.1 Å². The molecule has 142 valence electrons. The predicted molar refractivity (Wildman–Crippen MR) is 93.0 cm³/mol. The molecule has 8 heteroatoms. The molecule has 1 unspecified atom stereocenters. The third-order valence-electron chi connectivity index (χ3n) is 4.51. The lowest BCUT2D eigenvalue weighted by Gasteiger charge is -2.35. The first-order valence-electron chi connectivity index (χ1n) is 8.72. The fourth-order valence-corrected chi connectivity index (χ4v) is 3.09. The highest BCUT2D eigenvalue weighted by molar-refractivity contribution is 5.69. The van der Waals surface area contributed by atoms with E-state index in [1.807, 2.05) is 30.3 Å².